The maximum atomic E-state index is 12.3. The van der Waals surface area contributed by atoms with Gasteiger partial charge in [0, 0.05) is 6.20 Å². The van der Waals surface area contributed by atoms with Crippen molar-refractivity contribution < 1.29 is 4.79 Å². The number of hydrogen-bond acceptors (Lipinski definition) is 5. The second-order valence-electron chi connectivity index (χ2n) is 4.66. The van der Waals surface area contributed by atoms with Crippen LogP contribution in [0.3, 0.4) is 0 Å². The van der Waals surface area contributed by atoms with E-state index in [1.807, 2.05) is 30.3 Å². The van der Waals surface area contributed by atoms with E-state index in [1.54, 1.807) is 29.9 Å². The first-order valence-electron chi connectivity index (χ1n) is 6.66. The van der Waals surface area contributed by atoms with Crippen LogP contribution < -0.4 is 11.1 Å². The first-order chi connectivity index (χ1) is 10.7. The first-order valence-corrected chi connectivity index (χ1v) is 6.66. The van der Waals surface area contributed by atoms with E-state index < -0.39 is 0 Å². The molecule has 1 amide bonds. The van der Waals surface area contributed by atoms with Crippen molar-refractivity contribution in [1.82, 2.24) is 20.0 Å². The zero-order chi connectivity index (χ0) is 15.5. The summed E-state index contributed by atoms with van der Waals surface area (Å²) in [6.45, 7) is 1.79. The van der Waals surface area contributed by atoms with Crippen LogP contribution in [0.1, 0.15) is 16.2 Å². The number of nitrogens with two attached hydrogens (primary N) is 1. The van der Waals surface area contributed by atoms with E-state index in [1.165, 1.54) is 0 Å². The molecule has 1 aromatic carbocycles. The number of nitrogens with zero attached hydrogens (tertiary/aromatic N) is 4. The molecule has 3 N–H and O–H groups in total. The van der Waals surface area contributed by atoms with Gasteiger partial charge in [-0.25, -0.2) is 9.67 Å². The van der Waals surface area contributed by atoms with Crippen LogP contribution in [-0.2, 0) is 0 Å². The molecule has 0 unspecified atom stereocenters. The normalized spacial score (nSPS) is 10.4. The van der Waals surface area contributed by atoms with Crippen molar-refractivity contribution in [2.75, 3.05) is 11.1 Å². The Morgan fingerprint density at radius 2 is 1.95 bits per heavy atom. The molecule has 0 atom stereocenters. The summed E-state index contributed by atoms with van der Waals surface area (Å²) < 4.78 is 1.61. The Labute approximate surface area is 126 Å². The van der Waals surface area contributed by atoms with Crippen molar-refractivity contribution >= 4 is 17.4 Å². The maximum Gasteiger partial charge on any atom is 0.278 e. The van der Waals surface area contributed by atoms with E-state index in [2.05, 4.69) is 20.6 Å². The summed E-state index contributed by atoms with van der Waals surface area (Å²) in [7, 11) is 0. The zero-order valence-corrected chi connectivity index (χ0v) is 11.9. The Kier molecular flexibility index (Phi) is 3.53. The number of amides is 1. The van der Waals surface area contributed by atoms with Crippen LogP contribution >= 0.6 is 0 Å². The predicted molar refractivity (Wildman–Crippen MR) is 82.7 cm³/mol. The van der Waals surface area contributed by atoms with Gasteiger partial charge in [0.2, 0.25) is 0 Å². The molecule has 3 aromatic rings. The van der Waals surface area contributed by atoms with Gasteiger partial charge in [0.1, 0.15) is 5.82 Å². The van der Waals surface area contributed by atoms with Crippen molar-refractivity contribution in [2.45, 2.75) is 6.92 Å². The Hall–Kier alpha value is -3.22. The van der Waals surface area contributed by atoms with E-state index >= 15 is 0 Å². The van der Waals surface area contributed by atoms with Crippen molar-refractivity contribution in [3.05, 3.63) is 60.0 Å². The fraction of sp³-hybridized carbons (Fsp3) is 0.0667. The third-order valence-electron chi connectivity index (χ3n) is 3.20. The minimum absolute atomic E-state index is 0.243. The summed E-state index contributed by atoms with van der Waals surface area (Å²) in [5.41, 5.74) is 7.89. The van der Waals surface area contributed by atoms with E-state index in [4.69, 9.17) is 5.73 Å². The fourth-order valence-corrected chi connectivity index (χ4v) is 2.06. The molecule has 0 bridgehead atoms. The minimum atomic E-state index is -0.376. The molecular formula is C15H14N6O. The number of benzene rings is 1. The summed E-state index contributed by atoms with van der Waals surface area (Å²) >= 11 is 0. The van der Waals surface area contributed by atoms with E-state index in [9.17, 15) is 4.79 Å². The third-order valence-corrected chi connectivity index (χ3v) is 3.20. The van der Waals surface area contributed by atoms with Crippen molar-refractivity contribution in [2.24, 2.45) is 0 Å². The standard InChI is InChI=1S/C15H14N6O/c1-10-13(15(22)18-12-8-5-9-17-14(12)16)19-20-21(10)11-6-3-2-4-7-11/h2-9H,1H3,(H2,16,17)(H,18,22). The van der Waals surface area contributed by atoms with Crippen LogP contribution in [0.2, 0.25) is 0 Å². The van der Waals surface area contributed by atoms with Gasteiger partial charge in [-0.05, 0) is 31.2 Å². The zero-order valence-electron chi connectivity index (χ0n) is 11.9. The molecule has 3 rings (SSSR count). The number of nitrogens with one attached hydrogen (secondary N) is 1. The number of carbonyl (C=O) groups excluding carboxylic acids is 1. The molecule has 0 radical (unpaired) electrons. The Bertz CT molecular complexity index is 812. The van der Waals surface area contributed by atoms with Gasteiger partial charge in [0.15, 0.2) is 5.69 Å². The number of carbonyl (C=O) groups is 1. The van der Waals surface area contributed by atoms with Crippen LogP contribution in [0.4, 0.5) is 11.5 Å². The Morgan fingerprint density at radius 3 is 2.68 bits per heavy atom. The number of hydrogen-bond donors (Lipinski definition) is 2. The van der Waals surface area contributed by atoms with Crippen LogP contribution in [-0.4, -0.2) is 25.9 Å². The van der Waals surface area contributed by atoms with Crippen LogP contribution in [0, 0.1) is 6.92 Å². The van der Waals surface area contributed by atoms with Gasteiger partial charge in [0.25, 0.3) is 5.91 Å². The molecule has 0 fully saturated rings. The number of aromatic nitrogens is 4. The number of pyridine rings is 1. The Balaban J connectivity index is 1.89. The van der Waals surface area contributed by atoms with Gasteiger partial charge < -0.3 is 11.1 Å². The fourth-order valence-electron chi connectivity index (χ4n) is 2.06. The summed E-state index contributed by atoms with van der Waals surface area (Å²) in [5.74, 6) is -0.122. The molecule has 0 aliphatic rings. The third kappa shape index (κ3) is 2.51. The van der Waals surface area contributed by atoms with Crippen LogP contribution in [0.25, 0.3) is 5.69 Å². The maximum absolute atomic E-state index is 12.3. The van der Waals surface area contributed by atoms with Crippen molar-refractivity contribution in [3.63, 3.8) is 0 Å². The second-order valence-corrected chi connectivity index (χ2v) is 4.66. The first kappa shape index (κ1) is 13.7. The van der Waals surface area contributed by atoms with Crippen molar-refractivity contribution in [3.8, 4) is 5.69 Å². The number of nitrogen functional groups attached to an aromatic ring is 1. The number of anilines is 2. The summed E-state index contributed by atoms with van der Waals surface area (Å²) in [5, 5.41) is 10.7. The average molecular weight is 294 g/mol. The lowest BCUT2D eigenvalue weighted by atomic mass is 10.2. The lowest BCUT2D eigenvalue weighted by Crippen LogP contribution is -2.15. The summed E-state index contributed by atoms with van der Waals surface area (Å²) in [6.07, 6.45) is 1.56. The smallest absolute Gasteiger partial charge is 0.278 e. The van der Waals surface area contributed by atoms with Gasteiger partial charge in [-0.3, -0.25) is 4.79 Å². The lowest BCUT2D eigenvalue weighted by molar-refractivity contribution is 0.102. The largest absolute Gasteiger partial charge is 0.382 e. The average Bonchev–Trinajstić information content (AvgIpc) is 2.92. The highest BCUT2D eigenvalue weighted by atomic mass is 16.2. The van der Waals surface area contributed by atoms with Crippen molar-refractivity contribution in [1.29, 1.82) is 0 Å². The summed E-state index contributed by atoms with van der Waals surface area (Å²) in [6, 6.07) is 12.9. The SMILES string of the molecule is Cc1c(C(=O)Nc2cccnc2N)nnn1-c1ccccc1. The number of rotatable bonds is 3. The van der Waals surface area contributed by atoms with E-state index in [0.29, 0.717) is 11.4 Å². The molecule has 22 heavy (non-hydrogen) atoms. The highest BCUT2D eigenvalue weighted by Crippen LogP contribution is 2.17. The van der Waals surface area contributed by atoms with Gasteiger partial charge in [0.05, 0.1) is 17.1 Å². The van der Waals surface area contributed by atoms with E-state index in [0.717, 1.165) is 5.69 Å². The highest BCUT2D eigenvalue weighted by Gasteiger charge is 2.18. The molecule has 7 nitrogen and oxygen atoms in total. The highest BCUT2D eigenvalue weighted by molar-refractivity contribution is 6.04. The molecule has 0 aliphatic heterocycles. The summed E-state index contributed by atoms with van der Waals surface area (Å²) in [4.78, 5) is 16.2. The topological polar surface area (TPSA) is 98.7 Å². The molecule has 110 valence electrons. The monoisotopic (exact) mass is 294 g/mol. The quantitative estimate of drug-likeness (QED) is 0.767. The molecule has 2 aromatic heterocycles. The molecule has 7 heteroatoms. The molecule has 2 heterocycles. The van der Waals surface area contributed by atoms with Gasteiger partial charge in [-0.15, -0.1) is 5.10 Å². The predicted octanol–water partition coefficient (Wildman–Crippen LogP) is 1.81. The molecule has 0 spiro atoms. The molecule has 0 saturated heterocycles. The minimum Gasteiger partial charge on any atom is -0.382 e. The van der Waals surface area contributed by atoms with Crippen LogP contribution in [0.5, 0.6) is 0 Å². The van der Waals surface area contributed by atoms with Gasteiger partial charge in [-0.2, -0.15) is 0 Å². The van der Waals surface area contributed by atoms with Gasteiger partial charge >= 0.3 is 0 Å². The Morgan fingerprint density at radius 1 is 1.18 bits per heavy atom. The molecule has 0 aliphatic carbocycles. The second kappa shape index (κ2) is 5.65. The lowest BCUT2D eigenvalue weighted by Gasteiger charge is -2.06. The molecule has 0 saturated carbocycles. The molecular weight excluding hydrogens is 280 g/mol. The van der Waals surface area contributed by atoms with Gasteiger partial charge in [-0.1, -0.05) is 23.4 Å². The van der Waals surface area contributed by atoms with Crippen LogP contribution in [0.15, 0.2) is 48.7 Å². The van der Waals surface area contributed by atoms with E-state index in [-0.39, 0.29) is 17.4 Å². The number of para-hydroxylation sites is 1.